The van der Waals surface area contributed by atoms with Crippen molar-refractivity contribution >= 4 is 12.0 Å². The first-order valence-corrected chi connectivity index (χ1v) is 24.1. The Morgan fingerprint density at radius 3 is 1.06 bits per heavy atom. The van der Waals surface area contributed by atoms with Crippen LogP contribution in [0.3, 0.4) is 0 Å². The molecule has 0 bridgehead atoms. The van der Waals surface area contributed by atoms with Crippen LogP contribution >= 0.6 is 0 Å². The first-order valence-electron chi connectivity index (χ1n) is 24.1. The van der Waals surface area contributed by atoms with Crippen molar-refractivity contribution in [2.24, 2.45) is 5.41 Å². The second-order valence-corrected chi connectivity index (χ2v) is 18.7. The van der Waals surface area contributed by atoms with E-state index in [0.29, 0.717) is 6.54 Å². The highest BCUT2D eigenvalue weighted by molar-refractivity contribution is 5.85. The number of hydrogen-bond acceptors (Lipinski definition) is 3. The lowest BCUT2D eigenvalue weighted by Crippen LogP contribution is -2.46. The van der Waals surface area contributed by atoms with Gasteiger partial charge in [-0.05, 0) is 46.5 Å². The quantitative estimate of drug-likeness (QED) is 0.281. The zero-order chi connectivity index (χ0) is 38.1. The van der Waals surface area contributed by atoms with Crippen molar-refractivity contribution in [2.45, 2.75) is 283 Å². The molecule has 1 saturated carbocycles. The van der Waals surface area contributed by atoms with Gasteiger partial charge in [0.2, 0.25) is 5.91 Å². The minimum atomic E-state index is -0.529. The molecule has 0 radical (unpaired) electrons. The molecular weight excluding hydrogens is 653 g/mol. The number of carbonyl (C=O) groups is 2. The van der Waals surface area contributed by atoms with Gasteiger partial charge in [-0.3, -0.25) is 4.79 Å². The molecule has 1 aliphatic heterocycles. The van der Waals surface area contributed by atoms with Crippen molar-refractivity contribution in [1.29, 1.82) is 0 Å². The second kappa shape index (κ2) is 31.9. The fraction of sp³-hybridized carbons (Fsp3) is 0.958. The van der Waals surface area contributed by atoms with Gasteiger partial charge in [-0.2, -0.15) is 0 Å². The smallest absolute Gasteiger partial charge is 0.407 e. The van der Waals surface area contributed by atoms with Gasteiger partial charge < -0.3 is 15.4 Å². The third kappa shape index (κ3) is 28.8. The minimum absolute atomic E-state index is 0.0845. The van der Waals surface area contributed by atoms with Gasteiger partial charge in [0, 0.05) is 18.0 Å². The Labute approximate surface area is 330 Å². The predicted octanol–water partition coefficient (Wildman–Crippen LogP) is 15.2. The average molecular weight is 745 g/mol. The van der Waals surface area contributed by atoms with Crippen LogP contribution in [0.2, 0.25) is 0 Å². The molecule has 312 valence electrons. The summed E-state index contributed by atoms with van der Waals surface area (Å²) in [5.74, 6) is 0.208. The highest BCUT2D eigenvalue weighted by atomic mass is 16.6. The molecule has 1 spiro atoms. The molecule has 1 unspecified atom stereocenters. The van der Waals surface area contributed by atoms with Gasteiger partial charge in [0.25, 0.3) is 0 Å². The Bertz CT molecular complexity index is 863. The van der Waals surface area contributed by atoms with Crippen molar-refractivity contribution in [3.63, 3.8) is 0 Å². The summed E-state index contributed by atoms with van der Waals surface area (Å²) in [6, 6.07) is -0.0845. The third-order valence-corrected chi connectivity index (χ3v) is 12.3. The Morgan fingerprint density at radius 1 is 0.491 bits per heavy atom. The molecule has 1 atom stereocenters. The maximum atomic E-state index is 13.3. The van der Waals surface area contributed by atoms with E-state index in [1.54, 1.807) is 0 Å². The maximum Gasteiger partial charge on any atom is 0.407 e. The van der Waals surface area contributed by atoms with E-state index in [2.05, 4.69) is 10.6 Å². The van der Waals surface area contributed by atoms with E-state index in [4.69, 9.17) is 4.74 Å². The number of ether oxygens (including phenoxy) is 1. The molecular formula is C48H92N2O3. The van der Waals surface area contributed by atoms with Crippen molar-refractivity contribution in [3.8, 4) is 0 Å². The van der Waals surface area contributed by atoms with Gasteiger partial charge in [-0.1, -0.05) is 225 Å². The van der Waals surface area contributed by atoms with Crippen LogP contribution in [0.25, 0.3) is 0 Å². The predicted molar refractivity (Wildman–Crippen MR) is 229 cm³/mol. The van der Waals surface area contributed by atoms with E-state index in [1.165, 1.54) is 212 Å². The van der Waals surface area contributed by atoms with Gasteiger partial charge in [0.15, 0.2) is 0 Å². The van der Waals surface area contributed by atoms with Gasteiger partial charge >= 0.3 is 6.09 Å². The molecule has 2 rings (SSSR count). The average Bonchev–Trinajstić information content (AvgIpc) is 3.91. The lowest BCUT2D eigenvalue weighted by atomic mass is 9.96. The number of amides is 2. The zero-order valence-corrected chi connectivity index (χ0v) is 36.1. The molecule has 0 aromatic heterocycles. The van der Waals surface area contributed by atoms with Crippen molar-refractivity contribution in [2.75, 3.05) is 6.54 Å². The largest absolute Gasteiger partial charge is 0.444 e. The number of rotatable bonds is 1. The lowest BCUT2D eigenvalue weighted by Gasteiger charge is -2.25. The Morgan fingerprint density at radius 2 is 0.774 bits per heavy atom. The van der Waals surface area contributed by atoms with Crippen LogP contribution in [-0.4, -0.2) is 30.2 Å². The molecule has 0 aromatic carbocycles. The monoisotopic (exact) mass is 745 g/mol. The van der Waals surface area contributed by atoms with Crippen LogP contribution in [0.15, 0.2) is 0 Å². The molecule has 2 aliphatic rings. The Hall–Kier alpha value is -1.26. The molecule has 0 aromatic rings. The highest BCUT2D eigenvalue weighted by Gasteiger charge is 2.48. The standard InChI is InChI=1S/C48H92N2O3/c1-47(2,3)53-46(52)50-44-39-37-35-33-31-29-27-25-23-21-19-17-15-13-11-9-7-5-4-6-8-10-12-14-16-18-20-22-24-26-28-30-32-34-36-38-40-48(41-42-48)45(51)49-43-44/h44H,4-43H2,1-3H3,(H,49,51)(H,50,52). The van der Waals surface area contributed by atoms with E-state index in [1.807, 2.05) is 20.8 Å². The normalized spacial score (nSPS) is 24.7. The number of carbonyl (C=O) groups excluding carboxylic acids is 2. The fourth-order valence-corrected chi connectivity index (χ4v) is 8.53. The number of hydrogen-bond donors (Lipinski definition) is 2. The summed E-state index contributed by atoms with van der Waals surface area (Å²) in [5, 5.41) is 6.34. The van der Waals surface area contributed by atoms with E-state index in [9.17, 15) is 9.59 Å². The van der Waals surface area contributed by atoms with E-state index in [0.717, 1.165) is 38.5 Å². The van der Waals surface area contributed by atoms with Gasteiger partial charge in [0.05, 0.1) is 0 Å². The summed E-state index contributed by atoms with van der Waals surface area (Å²) < 4.78 is 5.57. The summed E-state index contributed by atoms with van der Waals surface area (Å²) in [7, 11) is 0. The van der Waals surface area contributed by atoms with E-state index in [-0.39, 0.29) is 23.5 Å². The molecule has 53 heavy (non-hydrogen) atoms. The first-order chi connectivity index (χ1) is 25.8. The molecule has 2 amide bonds. The summed E-state index contributed by atoms with van der Waals surface area (Å²) in [6.07, 6.45) is 52.2. The summed E-state index contributed by atoms with van der Waals surface area (Å²) >= 11 is 0. The molecule has 1 aliphatic carbocycles. The van der Waals surface area contributed by atoms with Gasteiger partial charge in [-0.25, -0.2) is 4.79 Å². The van der Waals surface area contributed by atoms with Gasteiger partial charge in [0.1, 0.15) is 5.60 Å². The summed E-state index contributed by atoms with van der Waals surface area (Å²) in [5.41, 5.74) is -0.680. The van der Waals surface area contributed by atoms with Crippen molar-refractivity contribution in [1.82, 2.24) is 10.6 Å². The van der Waals surface area contributed by atoms with Crippen LogP contribution in [0, 0.1) is 5.41 Å². The molecule has 5 nitrogen and oxygen atoms in total. The molecule has 2 N–H and O–H groups in total. The Kier molecular flexibility index (Phi) is 28.8. The molecule has 1 saturated heterocycles. The molecule has 2 fully saturated rings. The highest BCUT2D eigenvalue weighted by Crippen LogP contribution is 2.50. The van der Waals surface area contributed by atoms with Crippen LogP contribution in [0.4, 0.5) is 4.79 Å². The van der Waals surface area contributed by atoms with E-state index >= 15 is 0 Å². The fourth-order valence-electron chi connectivity index (χ4n) is 8.53. The Balaban J connectivity index is 1.68. The van der Waals surface area contributed by atoms with Crippen molar-refractivity contribution in [3.05, 3.63) is 0 Å². The lowest BCUT2D eigenvalue weighted by molar-refractivity contribution is -0.126. The molecule has 1 heterocycles. The SMILES string of the molecule is CC(C)(C)OC(=O)NC1CCCCCCCCCCCCCCCCCCCCCCCCCCCCCCCCCCCCCC2(CC2)C(=O)NC1. The number of nitrogens with one attached hydrogen (secondary N) is 2. The topological polar surface area (TPSA) is 67.4 Å². The van der Waals surface area contributed by atoms with Crippen LogP contribution in [0.5, 0.6) is 0 Å². The second-order valence-electron chi connectivity index (χ2n) is 18.7. The first kappa shape index (κ1) is 47.9. The van der Waals surface area contributed by atoms with Crippen LogP contribution < -0.4 is 10.6 Å². The maximum absolute atomic E-state index is 13.3. The minimum Gasteiger partial charge on any atom is -0.444 e. The summed E-state index contributed by atoms with van der Waals surface area (Å²) in [6.45, 7) is 6.20. The third-order valence-electron chi connectivity index (χ3n) is 12.3. The molecule has 5 heteroatoms. The summed E-state index contributed by atoms with van der Waals surface area (Å²) in [4.78, 5) is 26.0. The van der Waals surface area contributed by atoms with Crippen LogP contribution in [0.1, 0.15) is 271 Å². The van der Waals surface area contributed by atoms with Crippen LogP contribution in [-0.2, 0) is 9.53 Å². The van der Waals surface area contributed by atoms with E-state index < -0.39 is 5.60 Å². The van der Waals surface area contributed by atoms with Crippen molar-refractivity contribution < 1.29 is 14.3 Å². The van der Waals surface area contributed by atoms with Gasteiger partial charge in [-0.15, -0.1) is 0 Å². The zero-order valence-electron chi connectivity index (χ0n) is 36.1. The number of alkyl carbamates (subject to hydrolysis) is 1.